The van der Waals surface area contributed by atoms with E-state index in [0.717, 1.165) is 37.6 Å². The summed E-state index contributed by atoms with van der Waals surface area (Å²) in [7, 11) is -1.21. The molecule has 0 saturated carbocycles. The molecule has 0 bridgehead atoms. The van der Waals surface area contributed by atoms with Crippen molar-refractivity contribution in [2.24, 2.45) is 5.92 Å². The van der Waals surface area contributed by atoms with Crippen molar-refractivity contribution in [2.45, 2.75) is 54.1 Å². The number of hydrogen-bond donors (Lipinski definition) is 1. The number of nitrogens with zero attached hydrogens (tertiary/aromatic N) is 2. The molecule has 1 fully saturated rings. The molecule has 8 heteroatoms. The van der Waals surface area contributed by atoms with Crippen LogP contribution in [0, 0.1) is 5.92 Å². The standard InChI is InChI=1S/C18H32N2O4S.C4H7Br/c1-6-19-9-11-20(12-10-19)25(23)16(14-15(2)3)8-7-13-24-18(4,5)17(21)22;1-3-4(2)5/h7-8,14-15H,6,9-13H2,1-5H3,(H,21,22);3H,1-2H3/b8-7-,16-14+;4-3+. The predicted molar refractivity (Wildman–Crippen MR) is 130 cm³/mol. The monoisotopic (exact) mass is 506 g/mol. The molecule has 0 aromatic rings. The first kappa shape index (κ1) is 29.2. The molecule has 6 nitrogen and oxygen atoms in total. The van der Waals surface area contributed by atoms with E-state index in [4.69, 9.17) is 9.84 Å². The topological polar surface area (TPSA) is 70.1 Å². The van der Waals surface area contributed by atoms with Crippen molar-refractivity contribution in [1.29, 1.82) is 0 Å². The minimum Gasteiger partial charge on any atom is -0.479 e. The van der Waals surface area contributed by atoms with Gasteiger partial charge >= 0.3 is 5.97 Å². The van der Waals surface area contributed by atoms with E-state index >= 15 is 0 Å². The van der Waals surface area contributed by atoms with Crippen molar-refractivity contribution in [3.8, 4) is 0 Å². The van der Waals surface area contributed by atoms with E-state index in [0.29, 0.717) is 0 Å². The predicted octanol–water partition coefficient (Wildman–Crippen LogP) is 4.57. The van der Waals surface area contributed by atoms with Crippen molar-refractivity contribution < 1.29 is 18.8 Å². The fourth-order valence-corrected chi connectivity index (χ4v) is 3.74. The average Bonchev–Trinajstić information content (AvgIpc) is 2.69. The quantitative estimate of drug-likeness (QED) is 0.463. The number of carboxylic acids is 1. The lowest BCUT2D eigenvalue weighted by Gasteiger charge is -2.33. The molecular formula is C22H39BrN2O4S. The smallest absolute Gasteiger partial charge is 0.335 e. The van der Waals surface area contributed by atoms with E-state index in [1.165, 1.54) is 18.3 Å². The number of rotatable bonds is 9. The molecule has 0 aromatic heterocycles. The minimum atomic E-state index is -1.23. The number of carboxylic acid groups (broad SMARTS) is 1. The Morgan fingerprint density at radius 2 is 1.80 bits per heavy atom. The lowest BCUT2D eigenvalue weighted by atomic mass is 10.1. The summed E-state index contributed by atoms with van der Waals surface area (Å²) < 4.78 is 21.4. The third-order valence-corrected chi connectivity index (χ3v) is 6.41. The van der Waals surface area contributed by atoms with Gasteiger partial charge in [-0.25, -0.2) is 13.3 Å². The average molecular weight is 508 g/mol. The first-order valence-electron chi connectivity index (χ1n) is 10.4. The van der Waals surface area contributed by atoms with Crippen LogP contribution < -0.4 is 0 Å². The second-order valence-corrected chi connectivity index (χ2v) is 10.6. The first-order chi connectivity index (χ1) is 13.9. The summed E-state index contributed by atoms with van der Waals surface area (Å²) in [6, 6.07) is 0. The minimum absolute atomic E-state index is 0.162. The van der Waals surface area contributed by atoms with Gasteiger partial charge in [0.2, 0.25) is 0 Å². The van der Waals surface area contributed by atoms with Crippen molar-refractivity contribution >= 4 is 32.9 Å². The highest BCUT2D eigenvalue weighted by atomic mass is 79.9. The van der Waals surface area contributed by atoms with E-state index in [2.05, 4.69) is 27.8 Å². The fraction of sp³-hybridized carbons (Fsp3) is 0.682. The van der Waals surface area contributed by atoms with Crippen LogP contribution in [0.4, 0.5) is 0 Å². The molecule has 0 aliphatic carbocycles. The highest BCUT2D eigenvalue weighted by molar-refractivity contribution is 9.11. The van der Waals surface area contributed by atoms with Gasteiger partial charge in [-0.2, -0.15) is 0 Å². The van der Waals surface area contributed by atoms with Gasteiger partial charge in [0.1, 0.15) is 11.0 Å². The molecule has 0 aromatic carbocycles. The van der Waals surface area contributed by atoms with E-state index in [1.54, 1.807) is 12.2 Å². The largest absolute Gasteiger partial charge is 0.479 e. The lowest BCUT2D eigenvalue weighted by molar-refractivity contribution is -0.159. The van der Waals surface area contributed by atoms with Gasteiger partial charge < -0.3 is 14.7 Å². The Labute approximate surface area is 193 Å². The van der Waals surface area contributed by atoms with Gasteiger partial charge in [0.25, 0.3) is 0 Å². The SMILES string of the molecule is C/C=C(\C)Br.CCN1CCN(S(=O)C(/C=C\COC(C)(C)C(=O)O)=C/C(C)C)CC1. The molecule has 1 rings (SSSR count). The van der Waals surface area contributed by atoms with Crippen LogP contribution >= 0.6 is 15.9 Å². The van der Waals surface area contributed by atoms with E-state index in [-0.39, 0.29) is 12.5 Å². The number of piperazine rings is 1. The highest BCUT2D eigenvalue weighted by Gasteiger charge is 2.27. The molecule has 1 unspecified atom stereocenters. The summed E-state index contributed by atoms with van der Waals surface area (Å²) >= 11 is 3.23. The molecule has 1 heterocycles. The van der Waals surface area contributed by atoms with Crippen molar-refractivity contribution in [3.05, 3.63) is 33.7 Å². The summed E-state index contributed by atoms with van der Waals surface area (Å²) in [6.45, 7) is 17.8. The van der Waals surface area contributed by atoms with Crippen LogP contribution in [0.25, 0.3) is 0 Å². The van der Waals surface area contributed by atoms with Crippen molar-refractivity contribution in [2.75, 3.05) is 39.3 Å². The van der Waals surface area contributed by atoms with Crippen molar-refractivity contribution in [3.63, 3.8) is 0 Å². The second-order valence-electron chi connectivity index (χ2n) is 7.83. The van der Waals surface area contributed by atoms with Gasteiger partial charge in [0.15, 0.2) is 5.60 Å². The van der Waals surface area contributed by atoms with E-state index in [9.17, 15) is 9.00 Å². The Bertz CT molecular complexity index is 633. The normalized spacial score (nSPS) is 18.4. The maximum absolute atomic E-state index is 12.9. The summed E-state index contributed by atoms with van der Waals surface area (Å²) in [5.41, 5.74) is -1.23. The molecule has 1 atom stereocenters. The Hall–Kier alpha value is -0.800. The number of carbonyl (C=O) groups is 1. The van der Waals surface area contributed by atoms with Crippen LogP contribution in [0.1, 0.15) is 48.5 Å². The number of likely N-dealkylation sites (N-methyl/N-ethyl adjacent to an activating group) is 1. The number of hydrogen-bond acceptors (Lipinski definition) is 4. The number of ether oxygens (including phenoxy) is 1. The lowest BCUT2D eigenvalue weighted by Crippen LogP contribution is -2.46. The molecule has 0 spiro atoms. The molecule has 174 valence electrons. The molecule has 1 aliphatic rings. The van der Waals surface area contributed by atoms with E-state index in [1.807, 2.05) is 44.2 Å². The number of halogens is 1. The Kier molecular flexibility index (Phi) is 14.7. The second kappa shape index (κ2) is 15.1. The summed E-state index contributed by atoms with van der Waals surface area (Å²) in [4.78, 5) is 14.1. The molecule has 1 N–H and O–H groups in total. The van der Waals surface area contributed by atoms with Crippen LogP contribution in [0.5, 0.6) is 0 Å². The zero-order valence-corrected chi connectivity index (χ0v) is 21.9. The first-order valence-corrected chi connectivity index (χ1v) is 12.3. The Balaban J connectivity index is 0.00000150. The number of aliphatic carboxylic acids is 1. The van der Waals surface area contributed by atoms with Crippen LogP contribution in [-0.2, 0) is 20.5 Å². The van der Waals surface area contributed by atoms with Gasteiger partial charge in [-0.1, -0.05) is 54.9 Å². The van der Waals surface area contributed by atoms with Crippen LogP contribution in [0.3, 0.4) is 0 Å². The summed E-state index contributed by atoms with van der Waals surface area (Å²) in [5, 5.41) is 9.05. The van der Waals surface area contributed by atoms with E-state index < -0.39 is 22.6 Å². The van der Waals surface area contributed by atoms with Crippen LogP contribution in [0.2, 0.25) is 0 Å². The zero-order chi connectivity index (χ0) is 23.3. The summed E-state index contributed by atoms with van der Waals surface area (Å²) in [5.74, 6) is -0.729. The van der Waals surface area contributed by atoms with Gasteiger partial charge in [0, 0.05) is 26.2 Å². The van der Waals surface area contributed by atoms with Gasteiger partial charge in [-0.3, -0.25) is 0 Å². The number of allylic oxidation sites excluding steroid dienone is 4. The highest BCUT2D eigenvalue weighted by Crippen LogP contribution is 2.16. The molecule has 1 saturated heterocycles. The Morgan fingerprint density at radius 1 is 1.27 bits per heavy atom. The zero-order valence-electron chi connectivity index (χ0n) is 19.5. The van der Waals surface area contributed by atoms with Gasteiger partial charge in [-0.05, 0) is 50.7 Å². The van der Waals surface area contributed by atoms with Gasteiger partial charge in [0.05, 0.1) is 11.5 Å². The third-order valence-electron chi connectivity index (χ3n) is 4.45. The summed E-state index contributed by atoms with van der Waals surface area (Å²) in [6.07, 6.45) is 7.51. The van der Waals surface area contributed by atoms with Crippen LogP contribution in [0.15, 0.2) is 33.7 Å². The molecule has 30 heavy (non-hydrogen) atoms. The van der Waals surface area contributed by atoms with Gasteiger partial charge in [-0.15, -0.1) is 0 Å². The maximum atomic E-state index is 12.9. The van der Waals surface area contributed by atoms with Crippen molar-refractivity contribution in [1.82, 2.24) is 9.21 Å². The molecule has 0 amide bonds. The third kappa shape index (κ3) is 12.2. The molecule has 1 aliphatic heterocycles. The fourth-order valence-electron chi connectivity index (χ4n) is 2.34. The van der Waals surface area contributed by atoms with Crippen LogP contribution in [-0.4, -0.2) is 69.4 Å². The molecule has 0 radical (unpaired) electrons. The maximum Gasteiger partial charge on any atom is 0.335 e. The Morgan fingerprint density at radius 3 is 2.20 bits per heavy atom. The molecular weight excluding hydrogens is 468 g/mol.